The van der Waals surface area contributed by atoms with Gasteiger partial charge in [-0.3, -0.25) is 4.79 Å². The molecule has 1 unspecified atom stereocenters. The molecule has 16 heavy (non-hydrogen) atoms. The molecule has 0 spiro atoms. The Labute approximate surface area is 96.0 Å². The Hall–Kier alpha value is -0.660. The van der Waals surface area contributed by atoms with E-state index in [1.54, 1.807) is 0 Å². The number of carbonyl (C=O) groups excluding carboxylic acids is 1. The molecule has 0 amide bonds. The number of rotatable bonds is 5. The number of nitrogens with zero attached hydrogens (tertiary/aromatic N) is 1. The van der Waals surface area contributed by atoms with Gasteiger partial charge in [-0.05, 0) is 13.5 Å². The van der Waals surface area contributed by atoms with Gasteiger partial charge in [0.2, 0.25) is 10.0 Å². The number of likely N-dealkylation sites (N-methyl/N-ethyl adjacent to an activating group) is 1. The number of methoxy groups -OCH3 is 1. The molecule has 1 N–H and O–H groups in total. The van der Waals surface area contributed by atoms with E-state index in [1.165, 1.54) is 11.4 Å². The Balaban J connectivity index is 2.49. The number of sulfonamides is 1. The summed E-state index contributed by atoms with van der Waals surface area (Å²) in [6.45, 7) is 1.01. The molecule has 1 heterocycles. The van der Waals surface area contributed by atoms with Crippen molar-refractivity contribution in [3.63, 3.8) is 0 Å². The van der Waals surface area contributed by atoms with Gasteiger partial charge >= 0.3 is 5.97 Å². The first-order valence-electron chi connectivity index (χ1n) is 5.21. The molecule has 1 rings (SSSR count). The van der Waals surface area contributed by atoms with Gasteiger partial charge in [-0.1, -0.05) is 0 Å². The number of ether oxygens (including phenoxy) is 1. The Morgan fingerprint density at radius 2 is 2.25 bits per heavy atom. The summed E-state index contributed by atoms with van der Waals surface area (Å²) in [6.07, 6.45) is 0.730. The lowest BCUT2D eigenvalue weighted by molar-refractivity contribution is -0.140. The molecule has 94 valence electrons. The number of hydrogen-bond donors (Lipinski definition) is 1. The lowest BCUT2D eigenvalue weighted by Crippen LogP contribution is -2.35. The summed E-state index contributed by atoms with van der Waals surface area (Å²) in [5, 5.41) is 3.04. The molecular formula is C9H18N2O4S. The maximum atomic E-state index is 11.8. The molecular weight excluding hydrogens is 232 g/mol. The topological polar surface area (TPSA) is 75.7 Å². The van der Waals surface area contributed by atoms with Crippen LogP contribution < -0.4 is 5.32 Å². The van der Waals surface area contributed by atoms with Gasteiger partial charge < -0.3 is 10.1 Å². The molecule has 0 radical (unpaired) electrons. The van der Waals surface area contributed by atoms with Crippen LogP contribution in [0, 0.1) is 0 Å². The van der Waals surface area contributed by atoms with Crippen LogP contribution in [-0.2, 0) is 19.6 Å². The van der Waals surface area contributed by atoms with Gasteiger partial charge in [0, 0.05) is 19.1 Å². The number of hydrogen-bond acceptors (Lipinski definition) is 5. The van der Waals surface area contributed by atoms with Crippen LogP contribution in [0.1, 0.15) is 12.8 Å². The van der Waals surface area contributed by atoms with E-state index in [0.717, 1.165) is 6.42 Å². The minimum absolute atomic E-state index is 0.0838. The smallest absolute Gasteiger partial charge is 0.306 e. The molecule has 0 saturated carbocycles. The van der Waals surface area contributed by atoms with Crippen LogP contribution in [0.2, 0.25) is 0 Å². The lowest BCUT2D eigenvalue weighted by Gasteiger charge is -2.15. The van der Waals surface area contributed by atoms with Gasteiger partial charge in [0.15, 0.2) is 0 Å². The maximum absolute atomic E-state index is 11.8. The summed E-state index contributed by atoms with van der Waals surface area (Å²) in [4.78, 5) is 10.9. The first-order valence-corrected chi connectivity index (χ1v) is 6.82. The van der Waals surface area contributed by atoms with Crippen LogP contribution in [0.25, 0.3) is 0 Å². The van der Waals surface area contributed by atoms with E-state index < -0.39 is 16.0 Å². The summed E-state index contributed by atoms with van der Waals surface area (Å²) < 4.78 is 29.5. The minimum atomic E-state index is -3.32. The predicted octanol–water partition coefficient (Wildman–Crippen LogP) is -0.827. The fourth-order valence-electron chi connectivity index (χ4n) is 1.66. The lowest BCUT2D eigenvalue weighted by atomic mass is 10.3. The van der Waals surface area contributed by atoms with E-state index in [9.17, 15) is 13.2 Å². The standard InChI is InChI=1S/C9H18N2O4S/c1-10-8-3-5-11(7-8)16(13,14)6-4-9(12)15-2/h8,10H,3-7H2,1-2H3. The highest BCUT2D eigenvalue weighted by Gasteiger charge is 2.30. The van der Waals surface area contributed by atoms with E-state index in [4.69, 9.17) is 0 Å². The van der Waals surface area contributed by atoms with Crippen molar-refractivity contribution in [2.75, 3.05) is 33.0 Å². The van der Waals surface area contributed by atoms with Gasteiger partial charge in [-0.15, -0.1) is 0 Å². The zero-order valence-corrected chi connectivity index (χ0v) is 10.4. The number of esters is 1. The molecule has 7 heteroatoms. The molecule has 1 aliphatic heterocycles. The Kier molecular flexibility index (Phi) is 4.69. The second-order valence-corrected chi connectivity index (χ2v) is 5.86. The van der Waals surface area contributed by atoms with Crippen molar-refractivity contribution < 1.29 is 17.9 Å². The van der Waals surface area contributed by atoms with E-state index in [2.05, 4.69) is 10.1 Å². The molecule has 1 fully saturated rings. The summed E-state index contributed by atoms with van der Waals surface area (Å²) >= 11 is 0. The predicted molar refractivity (Wildman–Crippen MR) is 59.5 cm³/mol. The van der Waals surface area contributed by atoms with Gasteiger partial charge in [0.25, 0.3) is 0 Å². The minimum Gasteiger partial charge on any atom is -0.469 e. The zero-order valence-electron chi connectivity index (χ0n) is 9.60. The molecule has 0 aliphatic carbocycles. The molecule has 1 aliphatic rings. The highest BCUT2D eigenvalue weighted by molar-refractivity contribution is 7.89. The number of carbonyl (C=O) groups is 1. The monoisotopic (exact) mass is 250 g/mol. The largest absolute Gasteiger partial charge is 0.469 e. The van der Waals surface area contributed by atoms with E-state index in [-0.39, 0.29) is 18.2 Å². The highest BCUT2D eigenvalue weighted by Crippen LogP contribution is 2.14. The molecule has 0 aromatic carbocycles. The van der Waals surface area contributed by atoms with Crippen LogP contribution >= 0.6 is 0 Å². The van der Waals surface area contributed by atoms with Crippen molar-refractivity contribution in [2.45, 2.75) is 18.9 Å². The molecule has 1 atom stereocenters. The highest BCUT2D eigenvalue weighted by atomic mass is 32.2. The van der Waals surface area contributed by atoms with E-state index in [0.29, 0.717) is 13.1 Å². The van der Waals surface area contributed by atoms with Gasteiger partial charge in [0.1, 0.15) is 0 Å². The van der Waals surface area contributed by atoms with Gasteiger partial charge in [-0.2, -0.15) is 0 Å². The van der Waals surface area contributed by atoms with Crippen molar-refractivity contribution in [2.24, 2.45) is 0 Å². The summed E-state index contributed by atoms with van der Waals surface area (Å²) in [5.41, 5.74) is 0. The van der Waals surface area contributed by atoms with Crippen LogP contribution in [-0.4, -0.2) is 57.7 Å². The fourth-order valence-corrected chi connectivity index (χ4v) is 3.13. The summed E-state index contributed by atoms with van der Waals surface area (Å²) in [7, 11) is -0.249. The van der Waals surface area contributed by atoms with Gasteiger partial charge in [0.05, 0.1) is 19.3 Å². The second-order valence-electron chi connectivity index (χ2n) is 3.77. The quantitative estimate of drug-likeness (QED) is 0.645. The third kappa shape index (κ3) is 3.43. The molecule has 1 saturated heterocycles. The molecule has 6 nitrogen and oxygen atoms in total. The van der Waals surface area contributed by atoms with Crippen molar-refractivity contribution in [3.8, 4) is 0 Å². The third-order valence-corrected chi connectivity index (χ3v) is 4.58. The van der Waals surface area contributed by atoms with E-state index >= 15 is 0 Å². The van der Waals surface area contributed by atoms with Crippen LogP contribution in [0.15, 0.2) is 0 Å². The first-order chi connectivity index (χ1) is 7.49. The Bertz CT molecular complexity index is 341. The van der Waals surface area contributed by atoms with Crippen LogP contribution in [0.5, 0.6) is 0 Å². The van der Waals surface area contributed by atoms with Crippen molar-refractivity contribution in [1.29, 1.82) is 0 Å². The van der Waals surface area contributed by atoms with E-state index in [1.807, 2.05) is 7.05 Å². The normalized spacial score (nSPS) is 22.2. The second kappa shape index (κ2) is 5.60. The summed E-state index contributed by atoms with van der Waals surface area (Å²) in [6, 6.07) is 0.216. The van der Waals surface area contributed by atoms with Crippen LogP contribution in [0.4, 0.5) is 0 Å². The van der Waals surface area contributed by atoms with Crippen molar-refractivity contribution in [3.05, 3.63) is 0 Å². The molecule has 0 aromatic heterocycles. The number of nitrogens with one attached hydrogen (secondary N) is 1. The average molecular weight is 250 g/mol. The Morgan fingerprint density at radius 3 is 2.75 bits per heavy atom. The SMILES string of the molecule is CNC1CCN(S(=O)(=O)CCC(=O)OC)C1. The fraction of sp³-hybridized carbons (Fsp3) is 0.889. The molecule has 0 aromatic rings. The third-order valence-electron chi connectivity index (χ3n) is 2.74. The maximum Gasteiger partial charge on any atom is 0.306 e. The van der Waals surface area contributed by atoms with Crippen molar-refractivity contribution in [1.82, 2.24) is 9.62 Å². The van der Waals surface area contributed by atoms with Gasteiger partial charge in [-0.25, -0.2) is 12.7 Å². The Morgan fingerprint density at radius 1 is 1.56 bits per heavy atom. The van der Waals surface area contributed by atoms with Crippen LogP contribution in [0.3, 0.4) is 0 Å². The summed E-state index contributed by atoms with van der Waals surface area (Å²) in [5.74, 6) is -0.663. The van der Waals surface area contributed by atoms with Crippen molar-refractivity contribution >= 4 is 16.0 Å². The average Bonchev–Trinajstić information content (AvgIpc) is 2.75. The first kappa shape index (κ1) is 13.4. The molecule has 0 bridgehead atoms. The zero-order chi connectivity index (χ0) is 12.2.